The van der Waals surface area contributed by atoms with Crippen LogP contribution < -0.4 is 5.73 Å². The first kappa shape index (κ1) is 12.0. The van der Waals surface area contributed by atoms with Gasteiger partial charge in [0.25, 0.3) is 0 Å². The van der Waals surface area contributed by atoms with E-state index in [1.54, 1.807) is 17.6 Å². The van der Waals surface area contributed by atoms with Crippen LogP contribution in [-0.2, 0) is 0 Å². The summed E-state index contributed by atoms with van der Waals surface area (Å²) in [7, 11) is 0. The minimum absolute atomic E-state index is 0.536. The first-order valence-corrected chi connectivity index (χ1v) is 7.32. The number of hydrogen-bond acceptors (Lipinski definition) is 5. The maximum absolute atomic E-state index is 9.17. The zero-order valence-corrected chi connectivity index (χ0v) is 11.8. The largest absolute Gasteiger partial charge is 0.463 e. The van der Waals surface area contributed by atoms with E-state index in [-0.39, 0.29) is 0 Å². The molecule has 2 N–H and O–H groups in total. The number of hydrogen-bond donors (Lipinski definition) is 1. The summed E-state index contributed by atoms with van der Waals surface area (Å²) >= 11 is 2.99. The normalized spacial score (nSPS) is 10.5. The number of nitriles is 1. The van der Waals surface area contributed by atoms with E-state index in [9.17, 15) is 5.26 Å². The van der Waals surface area contributed by atoms with Gasteiger partial charge in [0.1, 0.15) is 16.7 Å². The third-order valence-electron chi connectivity index (χ3n) is 2.88. The molecule has 0 amide bonds. The van der Waals surface area contributed by atoms with E-state index in [2.05, 4.69) is 6.07 Å². The molecule has 0 atom stereocenters. The molecule has 3 aromatic heterocycles. The molecular weight excluding hydrogens is 276 g/mol. The minimum Gasteiger partial charge on any atom is -0.463 e. The Bertz CT molecular complexity index is 760. The van der Waals surface area contributed by atoms with E-state index < -0.39 is 0 Å². The van der Waals surface area contributed by atoms with Crippen molar-refractivity contribution in [2.24, 2.45) is 0 Å². The van der Waals surface area contributed by atoms with Crippen molar-refractivity contribution in [1.29, 1.82) is 5.26 Å². The quantitative estimate of drug-likeness (QED) is 0.754. The van der Waals surface area contributed by atoms with Gasteiger partial charge in [-0.2, -0.15) is 5.26 Å². The maximum atomic E-state index is 9.17. The van der Waals surface area contributed by atoms with Crippen LogP contribution in [0.4, 0.5) is 5.69 Å². The highest BCUT2D eigenvalue weighted by molar-refractivity contribution is 7.18. The third kappa shape index (κ3) is 1.86. The van der Waals surface area contributed by atoms with Crippen LogP contribution in [0.2, 0.25) is 0 Å². The molecule has 94 valence electrons. The van der Waals surface area contributed by atoms with Gasteiger partial charge in [0.15, 0.2) is 0 Å². The van der Waals surface area contributed by atoms with Gasteiger partial charge >= 0.3 is 0 Å². The van der Waals surface area contributed by atoms with Crippen molar-refractivity contribution in [3.05, 3.63) is 40.3 Å². The standard InChI is InChI=1S/C14H10N2OS2/c1-8-4-5-17-13(8)14-11(9-3-2-6-18-9)12(16)10(7-15)19-14/h2-6H,16H2,1H3. The number of furan rings is 1. The van der Waals surface area contributed by atoms with Crippen LogP contribution in [0.25, 0.3) is 21.1 Å². The lowest BCUT2D eigenvalue weighted by atomic mass is 10.1. The molecule has 0 aliphatic rings. The Hall–Kier alpha value is -2.03. The molecule has 3 heterocycles. The fourth-order valence-corrected chi connectivity index (χ4v) is 3.90. The fourth-order valence-electron chi connectivity index (χ4n) is 1.96. The Morgan fingerprint density at radius 3 is 2.79 bits per heavy atom. The molecule has 3 rings (SSSR count). The number of nitrogens with zero attached hydrogens (tertiary/aromatic N) is 1. The Morgan fingerprint density at radius 2 is 2.21 bits per heavy atom. The summed E-state index contributed by atoms with van der Waals surface area (Å²) in [5, 5.41) is 11.2. The highest BCUT2D eigenvalue weighted by Gasteiger charge is 2.22. The Morgan fingerprint density at radius 1 is 1.37 bits per heavy atom. The first-order chi connectivity index (χ1) is 9.22. The van der Waals surface area contributed by atoms with Crippen LogP contribution in [0, 0.1) is 18.3 Å². The van der Waals surface area contributed by atoms with Crippen molar-refractivity contribution >= 4 is 28.4 Å². The molecule has 0 saturated carbocycles. The SMILES string of the molecule is Cc1ccoc1-c1sc(C#N)c(N)c1-c1cccs1. The second-order valence-electron chi connectivity index (χ2n) is 4.07. The van der Waals surface area contributed by atoms with Crippen molar-refractivity contribution in [2.75, 3.05) is 5.73 Å². The van der Waals surface area contributed by atoms with Crippen LogP contribution in [0.5, 0.6) is 0 Å². The monoisotopic (exact) mass is 286 g/mol. The van der Waals surface area contributed by atoms with Gasteiger partial charge in [0, 0.05) is 10.4 Å². The summed E-state index contributed by atoms with van der Waals surface area (Å²) in [6.45, 7) is 1.99. The molecule has 3 nitrogen and oxygen atoms in total. The summed E-state index contributed by atoms with van der Waals surface area (Å²) in [5.74, 6) is 0.793. The van der Waals surface area contributed by atoms with Gasteiger partial charge in [-0.3, -0.25) is 0 Å². The highest BCUT2D eigenvalue weighted by Crippen LogP contribution is 2.47. The van der Waals surface area contributed by atoms with E-state index in [1.807, 2.05) is 30.5 Å². The van der Waals surface area contributed by atoms with Crippen molar-refractivity contribution in [1.82, 2.24) is 0 Å². The van der Waals surface area contributed by atoms with Crippen LogP contribution in [0.3, 0.4) is 0 Å². The van der Waals surface area contributed by atoms with Gasteiger partial charge in [0.05, 0.1) is 16.8 Å². The van der Waals surface area contributed by atoms with Crippen molar-refractivity contribution in [3.63, 3.8) is 0 Å². The summed E-state index contributed by atoms with van der Waals surface area (Å²) in [5.41, 5.74) is 8.61. The van der Waals surface area contributed by atoms with Crippen molar-refractivity contribution in [2.45, 2.75) is 6.92 Å². The van der Waals surface area contributed by atoms with E-state index >= 15 is 0 Å². The van der Waals surface area contributed by atoms with E-state index in [4.69, 9.17) is 10.2 Å². The topological polar surface area (TPSA) is 63.0 Å². The summed E-state index contributed by atoms with van der Waals surface area (Å²) in [6.07, 6.45) is 1.66. The molecule has 0 aliphatic heterocycles. The average molecular weight is 286 g/mol. The molecule has 0 saturated heterocycles. The maximum Gasteiger partial charge on any atom is 0.147 e. The molecule has 19 heavy (non-hydrogen) atoms. The lowest BCUT2D eigenvalue weighted by Gasteiger charge is -2.01. The van der Waals surface area contributed by atoms with Crippen LogP contribution in [-0.4, -0.2) is 0 Å². The number of thiophene rings is 2. The van der Waals surface area contributed by atoms with Gasteiger partial charge in [0.2, 0.25) is 0 Å². The number of nitrogen functional groups attached to an aromatic ring is 1. The smallest absolute Gasteiger partial charge is 0.147 e. The third-order valence-corrected chi connectivity index (χ3v) is 4.88. The van der Waals surface area contributed by atoms with E-state index in [0.29, 0.717) is 10.6 Å². The predicted octanol–water partition coefficient (Wildman–Crippen LogP) is 4.50. The van der Waals surface area contributed by atoms with Gasteiger partial charge in [-0.15, -0.1) is 22.7 Å². The molecule has 3 aromatic rings. The van der Waals surface area contributed by atoms with Crippen molar-refractivity contribution in [3.8, 4) is 27.1 Å². The highest BCUT2D eigenvalue weighted by atomic mass is 32.1. The first-order valence-electron chi connectivity index (χ1n) is 5.63. The molecule has 0 fully saturated rings. The Kier molecular flexibility index (Phi) is 2.90. The molecule has 0 radical (unpaired) electrons. The summed E-state index contributed by atoms with van der Waals surface area (Å²) in [6, 6.07) is 8.05. The zero-order chi connectivity index (χ0) is 13.4. The molecular formula is C14H10N2OS2. The summed E-state index contributed by atoms with van der Waals surface area (Å²) < 4.78 is 5.55. The minimum atomic E-state index is 0.536. The van der Waals surface area contributed by atoms with Gasteiger partial charge < -0.3 is 10.2 Å². The fraction of sp³-hybridized carbons (Fsp3) is 0.0714. The average Bonchev–Trinajstić information content (AvgIpc) is 3.09. The second kappa shape index (κ2) is 4.57. The molecule has 5 heteroatoms. The van der Waals surface area contributed by atoms with Crippen molar-refractivity contribution < 1.29 is 4.42 Å². The van der Waals surface area contributed by atoms with Gasteiger partial charge in [-0.05, 0) is 30.0 Å². The van der Waals surface area contributed by atoms with Crippen LogP contribution >= 0.6 is 22.7 Å². The van der Waals surface area contributed by atoms with Crippen LogP contribution in [0.15, 0.2) is 34.3 Å². The molecule has 0 unspecified atom stereocenters. The second-order valence-corrected chi connectivity index (χ2v) is 6.04. The molecule has 0 spiro atoms. The molecule has 0 bridgehead atoms. The molecule has 0 aliphatic carbocycles. The van der Waals surface area contributed by atoms with E-state index in [0.717, 1.165) is 26.6 Å². The van der Waals surface area contributed by atoms with E-state index in [1.165, 1.54) is 11.3 Å². The number of nitrogens with two attached hydrogens (primary N) is 1. The lowest BCUT2D eigenvalue weighted by molar-refractivity contribution is 0.582. The predicted molar refractivity (Wildman–Crippen MR) is 79.2 cm³/mol. The lowest BCUT2D eigenvalue weighted by Crippen LogP contribution is -1.87. The summed E-state index contributed by atoms with van der Waals surface area (Å²) in [4.78, 5) is 2.52. The van der Waals surface area contributed by atoms with Crippen LogP contribution in [0.1, 0.15) is 10.4 Å². The van der Waals surface area contributed by atoms with Gasteiger partial charge in [-0.1, -0.05) is 6.07 Å². The number of rotatable bonds is 2. The number of anilines is 1. The molecule has 0 aromatic carbocycles. The Balaban J connectivity index is 2.31. The Labute approximate surface area is 118 Å². The van der Waals surface area contributed by atoms with Gasteiger partial charge in [-0.25, -0.2) is 0 Å². The number of aryl methyl sites for hydroxylation is 1. The zero-order valence-electron chi connectivity index (χ0n) is 10.1.